The molecule has 1 aliphatic carbocycles. The summed E-state index contributed by atoms with van der Waals surface area (Å²) in [6.07, 6.45) is 5.31. The third-order valence-electron chi connectivity index (χ3n) is 5.20. The van der Waals surface area contributed by atoms with Crippen LogP contribution in [0, 0.1) is 16.7 Å². The quantitative estimate of drug-likeness (QED) is 0.748. The van der Waals surface area contributed by atoms with Crippen LogP contribution in [-0.2, 0) is 6.42 Å². The molecule has 0 heterocycles. The van der Waals surface area contributed by atoms with E-state index in [1.54, 1.807) is 0 Å². The van der Waals surface area contributed by atoms with Gasteiger partial charge in [-0.15, -0.1) is 0 Å². The van der Waals surface area contributed by atoms with Crippen molar-refractivity contribution in [2.75, 3.05) is 6.61 Å². The number of benzene rings is 1. The second kappa shape index (κ2) is 6.48. The summed E-state index contributed by atoms with van der Waals surface area (Å²) in [7, 11) is 0. The van der Waals surface area contributed by atoms with Gasteiger partial charge in [0.25, 0.3) is 0 Å². The van der Waals surface area contributed by atoms with Gasteiger partial charge in [-0.1, -0.05) is 56.1 Å². The molecule has 0 spiro atoms. The summed E-state index contributed by atoms with van der Waals surface area (Å²) in [4.78, 5) is 0. The van der Waals surface area contributed by atoms with E-state index in [1.807, 2.05) is 18.2 Å². The van der Waals surface area contributed by atoms with Crippen LogP contribution in [0.15, 0.2) is 18.2 Å². The van der Waals surface area contributed by atoms with Crippen molar-refractivity contribution in [2.45, 2.75) is 52.9 Å². The fourth-order valence-electron chi connectivity index (χ4n) is 3.58. The highest BCUT2D eigenvalue weighted by Gasteiger charge is 2.38. The van der Waals surface area contributed by atoms with E-state index in [2.05, 4.69) is 20.8 Å². The number of hydrogen-bond donors (Lipinski definition) is 1. The zero-order valence-electron chi connectivity index (χ0n) is 13.3. The average molecular weight is 329 g/mol. The fourth-order valence-corrected chi connectivity index (χ4v) is 3.96. The van der Waals surface area contributed by atoms with Crippen molar-refractivity contribution in [3.8, 4) is 0 Å². The van der Waals surface area contributed by atoms with E-state index in [9.17, 15) is 5.11 Å². The van der Waals surface area contributed by atoms with Gasteiger partial charge in [-0.2, -0.15) is 0 Å². The van der Waals surface area contributed by atoms with E-state index in [0.29, 0.717) is 15.5 Å². The Morgan fingerprint density at radius 3 is 2.33 bits per heavy atom. The Morgan fingerprint density at radius 2 is 1.81 bits per heavy atom. The number of aliphatic hydroxyl groups is 1. The lowest BCUT2D eigenvalue weighted by Gasteiger charge is -2.43. The molecule has 2 rings (SSSR count). The molecule has 1 aromatic rings. The number of rotatable bonds is 3. The molecule has 3 heteroatoms. The van der Waals surface area contributed by atoms with E-state index in [0.717, 1.165) is 30.7 Å². The van der Waals surface area contributed by atoms with Gasteiger partial charge < -0.3 is 5.11 Å². The van der Waals surface area contributed by atoms with Gasteiger partial charge in [-0.3, -0.25) is 0 Å². The maximum Gasteiger partial charge on any atom is 0.0624 e. The Balaban J connectivity index is 2.12. The SMILES string of the molecule is CC(C)(C)C1CCC(CO)(Cc2cccc(Cl)c2Cl)CC1. The Bertz CT molecular complexity index is 482. The molecule has 0 bridgehead atoms. The Kier molecular flexibility index (Phi) is 5.28. The van der Waals surface area contributed by atoms with E-state index in [4.69, 9.17) is 23.2 Å². The predicted molar refractivity (Wildman–Crippen MR) is 91.1 cm³/mol. The van der Waals surface area contributed by atoms with E-state index in [1.165, 1.54) is 12.8 Å². The molecule has 1 N–H and O–H groups in total. The number of aliphatic hydroxyl groups excluding tert-OH is 1. The molecule has 0 aliphatic heterocycles. The van der Waals surface area contributed by atoms with Gasteiger partial charge in [0.05, 0.1) is 10.0 Å². The Labute approximate surface area is 138 Å². The highest BCUT2D eigenvalue weighted by molar-refractivity contribution is 6.42. The van der Waals surface area contributed by atoms with Crippen molar-refractivity contribution in [1.29, 1.82) is 0 Å². The lowest BCUT2D eigenvalue weighted by Crippen LogP contribution is -2.36. The zero-order valence-corrected chi connectivity index (χ0v) is 14.8. The molecule has 118 valence electrons. The summed E-state index contributed by atoms with van der Waals surface area (Å²) in [6.45, 7) is 7.18. The number of halogens is 2. The average Bonchev–Trinajstić information content (AvgIpc) is 2.43. The summed E-state index contributed by atoms with van der Waals surface area (Å²) in [5, 5.41) is 11.2. The standard InChI is InChI=1S/C18H26Cl2O/c1-17(2,3)14-7-9-18(12-21,10-8-14)11-13-5-4-6-15(19)16(13)20/h4-6,14,21H,7-12H2,1-3H3. The summed E-state index contributed by atoms with van der Waals surface area (Å²) in [6, 6.07) is 5.78. The van der Waals surface area contributed by atoms with Gasteiger partial charge in [-0.25, -0.2) is 0 Å². The monoisotopic (exact) mass is 328 g/mol. The molecule has 21 heavy (non-hydrogen) atoms. The Hall–Kier alpha value is -0.240. The zero-order chi connectivity index (χ0) is 15.7. The van der Waals surface area contributed by atoms with Crippen molar-refractivity contribution in [3.05, 3.63) is 33.8 Å². The lowest BCUT2D eigenvalue weighted by molar-refractivity contribution is 0.0369. The second-order valence-electron chi connectivity index (χ2n) is 7.69. The van der Waals surface area contributed by atoms with Crippen LogP contribution in [0.1, 0.15) is 52.0 Å². The summed E-state index contributed by atoms with van der Waals surface area (Å²) in [5.74, 6) is 0.743. The number of hydrogen-bond acceptors (Lipinski definition) is 1. The van der Waals surface area contributed by atoms with Crippen molar-refractivity contribution >= 4 is 23.2 Å². The molecular formula is C18H26Cl2O. The normalized spacial score (nSPS) is 26.9. The second-order valence-corrected chi connectivity index (χ2v) is 8.47. The van der Waals surface area contributed by atoms with Gasteiger partial charge in [0.2, 0.25) is 0 Å². The van der Waals surface area contributed by atoms with E-state index < -0.39 is 0 Å². The van der Waals surface area contributed by atoms with Crippen molar-refractivity contribution in [1.82, 2.24) is 0 Å². The molecule has 0 saturated heterocycles. The van der Waals surface area contributed by atoms with Crippen molar-refractivity contribution in [2.24, 2.45) is 16.7 Å². The van der Waals surface area contributed by atoms with Crippen molar-refractivity contribution in [3.63, 3.8) is 0 Å². The van der Waals surface area contributed by atoms with Gasteiger partial charge in [0.1, 0.15) is 0 Å². The molecule has 1 fully saturated rings. The maximum atomic E-state index is 9.98. The first kappa shape index (κ1) is 17.1. The topological polar surface area (TPSA) is 20.2 Å². The van der Waals surface area contributed by atoms with Gasteiger partial charge in [0, 0.05) is 6.61 Å². The molecule has 1 saturated carbocycles. The third kappa shape index (κ3) is 3.94. The van der Waals surface area contributed by atoms with Crippen LogP contribution in [-0.4, -0.2) is 11.7 Å². The van der Waals surface area contributed by atoms with Crippen LogP contribution in [0.25, 0.3) is 0 Å². The lowest BCUT2D eigenvalue weighted by atomic mass is 9.62. The van der Waals surface area contributed by atoms with Gasteiger partial charge >= 0.3 is 0 Å². The minimum atomic E-state index is -0.0317. The molecule has 0 aromatic heterocycles. The molecule has 0 unspecified atom stereocenters. The molecule has 0 atom stereocenters. The first-order valence-corrected chi connectivity index (χ1v) is 8.57. The van der Waals surface area contributed by atoms with Crippen LogP contribution in [0.5, 0.6) is 0 Å². The molecule has 1 aliphatic rings. The van der Waals surface area contributed by atoms with E-state index in [-0.39, 0.29) is 12.0 Å². The highest BCUT2D eigenvalue weighted by Crippen LogP contribution is 2.47. The molecule has 1 aromatic carbocycles. The van der Waals surface area contributed by atoms with Crippen LogP contribution >= 0.6 is 23.2 Å². The summed E-state index contributed by atoms with van der Waals surface area (Å²) in [5.41, 5.74) is 1.39. The van der Waals surface area contributed by atoms with Gasteiger partial charge in [-0.05, 0) is 60.5 Å². The van der Waals surface area contributed by atoms with Crippen LogP contribution in [0.4, 0.5) is 0 Å². The fraction of sp³-hybridized carbons (Fsp3) is 0.667. The Morgan fingerprint density at radius 1 is 1.19 bits per heavy atom. The maximum absolute atomic E-state index is 9.98. The largest absolute Gasteiger partial charge is 0.396 e. The summed E-state index contributed by atoms with van der Waals surface area (Å²) >= 11 is 12.4. The summed E-state index contributed by atoms with van der Waals surface area (Å²) < 4.78 is 0. The predicted octanol–water partition coefficient (Wildman–Crippen LogP) is 5.75. The molecule has 0 radical (unpaired) electrons. The van der Waals surface area contributed by atoms with Crippen LogP contribution in [0.2, 0.25) is 10.0 Å². The molecular weight excluding hydrogens is 303 g/mol. The minimum Gasteiger partial charge on any atom is -0.396 e. The van der Waals surface area contributed by atoms with E-state index >= 15 is 0 Å². The first-order chi connectivity index (χ1) is 9.77. The highest BCUT2D eigenvalue weighted by atomic mass is 35.5. The minimum absolute atomic E-state index is 0.0317. The smallest absolute Gasteiger partial charge is 0.0624 e. The van der Waals surface area contributed by atoms with Crippen molar-refractivity contribution < 1.29 is 5.11 Å². The van der Waals surface area contributed by atoms with Crippen LogP contribution < -0.4 is 0 Å². The third-order valence-corrected chi connectivity index (χ3v) is 6.06. The first-order valence-electron chi connectivity index (χ1n) is 7.81. The molecule has 0 amide bonds. The van der Waals surface area contributed by atoms with Crippen LogP contribution in [0.3, 0.4) is 0 Å². The molecule has 1 nitrogen and oxygen atoms in total. The van der Waals surface area contributed by atoms with Gasteiger partial charge in [0.15, 0.2) is 0 Å².